The summed E-state index contributed by atoms with van der Waals surface area (Å²) in [6.07, 6.45) is 1.62. The molecule has 2 N–H and O–H groups in total. The van der Waals surface area contributed by atoms with Crippen molar-refractivity contribution in [3.8, 4) is 0 Å². The Kier molecular flexibility index (Phi) is 5.45. The quantitative estimate of drug-likeness (QED) is 0.613. The highest BCUT2D eigenvalue weighted by Crippen LogP contribution is 2.08. The van der Waals surface area contributed by atoms with Gasteiger partial charge in [-0.1, -0.05) is 12.1 Å². The molecule has 2 aromatic rings. The van der Waals surface area contributed by atoms with Gasteiger partial charge in [-0.3, -0.25) is 19.6 Å². The second-order valence-electron chi connectivity index (χ2n) is 5.90. The van der Waals surface area contributed by atoms with Crippen molar-refractivity contribution in [1.82, 2.24) is 14.9 Å². The summed E-state index contributed by atoms with van der Waals surface area (Å²) in [4.78, 5) is 38.2. The lowest BCUT2D eigenvalue weighted by molar-refractivity contribution is 0.0301. The third-order valence-corrected chi connectivity index (χ3v) is 4.22. The van der Waals surface area contributed by atoms with Gasteiger partial charge in [0.25, 0.3) is 17.4 Å². The normalized spacial score (nSPS) is 14.1. The average molecular weight is 357 g/mol. The van der Waals surface area contributed by atoms with E-state index in [-0.39, 0.29) is 23.6 Å². The van der Waals surface area contributed by atoms with E-state index in [0.717, 1.165) is 5.56 Å². The van der Waals surface area contributed by atoms with E-state index < -0.39 is 5.91 Å². The molecule has 1 aliphatic heterocycles. The lowest BCUT2D eigenvalue weighted by atomic mass is 10.1. The van der Waals surface area contributed by atoms with Gasteiger partial charge in [0.05, 0.1) is 19.8 Å². The number of nitrogens with zero attached hydrogens (tertiary/aromatic N) is 2. The molecular formula is C18H19N3O5. The molecule has 1 aromatic carbocycles. The monoisotopic (exact) mass is 357 g/mol. The molecule has 2 amide bonds. The number of amides is 2. The number of pyridine rings is 1. The number of carbonyl (C=O) groups is 2. The molecule has 0 saturated carbocycles. The first-order valence-electron chi connectivity index (χ1n) is 8.20. The standard InChI is InChI=1S/C18H19N3O5/c22-16(19-25)14-5-3-13(4-6-14)12-21-7-1-2-15(18(21)24)17(23)20-8-10-26-11-9-20/h1-7,25H,8-12H2,(H,19,22). The first-order chi connectivity index (χ1) is 12.6. The third kappa shape index (κ3) is 3.81. The Hall–Kier alpha value is -2.97. The number of rotatable bonds is 4. The smallest absolute Gasteiger partial charge is 0.274 e. The summed E-state index contributed by atoms with van der Waals surface area (Å²) in [6.45, 7) is 2.16. The van der Waals surface area contributed by atoms with Gasteiger partial charge in [0, 0.05) is 24.8 Å². The van der Waals surface area contributed by atoms with Crippen molar-refractivity contribution in [3.05, 3.63) is 69.6 Å². The van der Waals surface area contributed by atoms with Crippen LogP contribution >= 0.6 is 0 Å². The Morgan fingerprint density at radius 1 is 1.12 bits per heavy atom. The topological polar surface area (TPSA) is 101 Å². The van der Waals surface area contributed by atoms with Crippen molar-refractivity contribution in [1.29, 1.82) is 0 Å². The largest absolute Gasteiger partial charge is 0.378 e. The maximum Gasteiger partial charge on any atom is 0.274 e. The lowest BCUT2D eigenvalue weighted by Gasteiger charge is -2.26. The first kappa shape index (κ1) is 17.8. The van der Waals surface area contributed by atoms with E-state index in [2.05, 4.69) is 0 Å². The highest BCUT2D eigenvalue weighted by Gasteiger charge is 2.21. The minimum Gasteiger partial charge on any atom is -0.378 e. The van der Waals surface area contributed by atoms with Gasteiger partial charge in [-0.2, -0.15) is 0 Å². The van der Waals surface area contributed by atoms with Gasteiger partial charge in [-0.05, 0) is 29.8 Å². The molecule has 0 unspecified atom stereocenters. The molecule has 0 atom stereocenters. The summed E-state index contributed by atoms with van der Waals surface area (Å²) in [7, 11) is 0. The lowest BCUT2D eigenvalue weighted by Crippen LogP contribution is -2.43. The van der Waals surface area contributed by atoms with Crippen LogP contribution in [0.3, 0.4) is 0 Å². The van der Waals surface area contributed by atoms with Gasteiger partial charge >= 0.3 is 0 Å². The van der Waals surface area contributed by atoms with Crippen molar-refractivity contribution < 1.29 is 19.5 Å². The van der Waals surface area contributed by atoms with Crippen LogP contribution in [0, 0.1) is 0 Å². The molecule has 1 fully saturated rings. The SMILES string of the molecule is O=C(NO)c1ccc(Cn2cccc(C(=O)N3CCOCC3)c2=O)cc1. The summed E-state index contributed by atoms with van der Waals surface area (Å²) < 4.78 is 6.69. The molecule has 1 aliphatic rings. The molecule has 0 aliphatic carbocycles. The molecule has 3 rings (SSSR count). The molecule has 0 bridgehead atoms. The fourth-order valence-electron chi connectivity index (χ4n) is 2.78. The highest BCUT2D eigenvalue weighted by atomic mass is 16.5. The Bertz CT molecular complexity index is 854. The molecule has 8 heteroatoms. The van der Waals surface area contributed by atoms with E-state index >= 15 is 0 Å². The summed E-state index contributed by atoms with van der Waals surface area (Å²) in [6, 6.07) is 9.68. The second kappa shape index (κ2) is 7.94. The Morgan fingerprint density at radius 2 is 1.81 bits per heavy atom. The Morgan fingerprint density at radius 3 is 2.46 bits per heavy atom. The number of morpholine rings is 1. The number of aromatic nitrogens is 1. The predicted molar refractivity (Wildman–Crippen MR) is 92.2 cm³/mol. The minimum absolute atomic E-state index is 0.130. The van der Waals surface area contributed by atoms with E-state index in [1.54, 1.807) is 46.9 Å². The molecular weight excluding hydrogens is 338 g/mol. The minimum atomic E-state index is -0.605. The van der Waals surface area contributed by atoms with Gasteiger partial charge in [0.1, 0.15) is 5.56 Å². The summed E-state index contributed by atoms with van der Waals surface area (Å²) in [5.41, 5.74) is 2.43. The van der Waals surface area contributed by atoms with Gasteiger partial charge < -0.3 is 14.2 Å². The number of ether oxygens (including phenoxy) is 1. The van der Waals surface area contributed by atoms with Crippen LogP contribution in [-0.2, 0) is 11.3 Å². The average Bonchev–Trinajstić information content (AvgIpc) is 2.69. The molecule has 26 heavy (non-hydrogen) atoms. The van der Waals surface area contributed by atoms with E-state index in [0.29, 0.717) is 31.9 Å². The zero-order chi connectivity index (χ0) is 18.5. The van der Waals surface area contributed by atoms with Gasteiger partial charge in [-0.15, -0.1) is 0 Å². The van der Waals surface area contributed by atoms with Crippen LogP contribution in [0.5, 0.6) is 0 Å². The van der Waals surface area contributed by atoms with Crippen molar-refractivity contribution >= 4 is 11.8 Å². The Labute approximate surface area is 149 Å². The van der Waals surface area contributed by atoms with Crippen LogP contribution in [0.2, 0.25) is 0 Å². The van der Waals surface area contributed by atoms with Gasteiger partial charge in [-0.25, -0.2) is 5.48 Å². The van der Waals surface area contributed by atoms with E-state index in [4.69, 9.17) is 9.94 Å². The van der Waals surface area contributed by atoms with Crippen LogP contribution in [-0.4, -0.2) is 52.8 Å². The van der Waals surface area contributed by atoms with Crippen LogP contribution in [0.15, 0.2) is 47.4 Å². The van der Waals surface area contributed by atoms with Crippen LogP contribution in [0.25, 0.3) is 0 Å². The molecule has 8 nitrogen and oxygen atoms in total. The molecule has 0 radical (unpaired) electrons. The second-order valence-corrected chi connectivity index (χ2v) is 5.90. The predicted octanol–water partition coefficient (Wildman–Crippen LogP) is 0.488. The Balaban J connectivity index is 1.80. The third-order valence-electron chi connectivity index (χ3n) is 4.22. The molecule has 0 spiro atoms. The maximum absolute atomic E-state index is 12.7. The summed E-state index contributed by atoms with van der Waals surface area (Å²) in [5, 5.41) is 8.63. The van der Waals surface area contributed by atoms with Crippen molar-refractivity contribution in [2.45, 2.75) is 6.54 Å². The molecule has 2 heterocycles. The number of hydroxylamine groups is 1. The van der Waals surface area contributed by atoms with Crippen LogP contribution < -0.4 is 11.0 Å². The number of benzene rings is 1. The maximum atomic E-state index is 12.7. The molecule has 1 saturated heterocycles. The van der Waals surface area contributed by atoms with Gasteiger partial charge in [0.2, 0.25) is 0 Å². The first-order valence-corrected chi connectivity index (χ1v) is 8.20. The summed E-state index contributed by atoms with van der Waals surface area (Å²) in [5.74, 6) is -0.894. The van der Waals surface area contributed by atoms with Crippen LogP contribution in [0.1, 0.15) is 26.3 Å². The van der Waals surface area contributed by atoms with Crippen molar-refractivity contribution in [2.24, 2.45) is 0 Å². The van der Waals surface area contributed by atoms with Gasteiger partial charge in [0.15, 0.2) is 0 Å². The van der Waals surface area contributed by atoms with Crippen molar-refractivity contribution in [3.63, 3.8) is 0 Å². The van der Waals surface area contributed by atoms with Crippen LogP contribution in [0.4, 0.5) is 0 Å². The zero-order valence-corrected chi connectivity index (χ0v) is 14.1. The zero-order valence-electron chi connectivity index (χ0n) is 14.1. The van der Waals surface area contributed by atoms with E-state index in [1.165, 1.54) is 10.6 Å². The number of carbonyl (C=O) groups excluding carboxylic acids is 2. The summed E-state index contributed by atoms with van der Waals surface area (Å²) >= 11 is 0. The number of nitrogens with one attached hydrogen (secondary N) is 1. The fraction of sp³-hybridized carbons (Fsp3) is 0.278. The van der Waals surface area contributed by atoms with E-state index in [9.17, 15) is 14.4 Å². The highest BCUT2D eigenvalue weighted by molar-refractivity contribution is 5.94. The molecule has 1 aromatic heterocycles. The number of hydrogen-bond donors (Lipinski definition) is 2. The van der Waals surface area contributed by atoms with E-state index in [1.807, 2.05) is 0 Å². The molecule has 136 valence electrons. The fourth-order valence-corrected chi connectivity index (χ4v) is 2.78. The number of hydrogen-bond acceptors (Lipinski definition) is 5. The van der Waals surface area contributed by atoms with Crippen molar-refractivity contribution in [2.75, 3.05) is 26.3 Å².